The third-order valence-corrected chi connectivity index (χ3v) is 7.35. The number of phenols is 1. The van der Waals surface area contributed by atoms with E-state index in [-0.39, 0.29) is 17.4 Å². The number of aromatic hydroxyl groups is 1. The van der Waals surface area contributed by atoms with Gasteiger partial charge in [0, 0.05) is 30.0 Å². The van der Waals surface area contributed by atoms with Crippen LogP contribution in [0.3, 0.4) is 0 Å². The van der Waals surface area contributed by atoms with Crippen molar-refractivity contribution in [2.45, 2.75) is 39.0 Å². The van der Waals surface area contributed by atoms with Crippen molar-refractivity contribution in [2.75, 3.05) is 12.4 Å². The highest BCUT2D eigenvalue weighted by Gasteiger charge is 2.20. The maximum atomic E-state index is 12.4. The SMILES string of the molecule is CCc1c(CN[C@H](C)[C@@H](O)c2ccc(O)cc2)cccc1Nc1c(C(N)=O)cnc2[nH]c(-c3ccc(OC)cc3)nc12. The summed E-state index contributed by atoms with van der Waals surface area (Å²) in [5.74, 6) is 0.867. The summed E-state index contributed by atoms with van der Waals surface area (Å²) in [6.07, 6.45) is 1.42. The smallest absolute Gasteiger partial charge is 0.252 e. The highest BCUT2D eigenvalue weighted by Crippen LogP contribution is 2.33. The third kappa shape index (κ3) is 5.90. The number of primary amides is 1. The summed E-state index contributed by atoms with van der Waals surface area (Å²) in [5, 5.41) is 27.2. The molecule has 0 unspecified atom stereocenters. The normalized spacial score (nSPS) is 12.7. The van der Waals surface area contributed by atoms with E-state index >= 15 is 0 Å². The molecule has 7 N–H and O–H groups in total. The quantitative estimate of drug-likeness (QED) is 0.131. The molecule has 0 fully saturated rings. The van der Waals surface area contributed by atoms with E-state index in [1.54, 1.807) is 31.4 Å². The summed E-state index contributed by atoms with van der Waals surface area (Å²) >= 11 is 0. The fourth-order valence-electron chi connectivity index (χ4n) is 4.96. The number of amides is 1. The van der Waals surface area contributed by atoms with Gasteiger partial charge in [-0.3, -0.25) is 4.79 Å². The number of rotatable bonds is 11. The molecule has 0 bridgehead atoms. The summed E-state index contributed by atoms with van der Waals surface area (Å²) in [6, 6.07) is 19.7. The first-order valence-electron chi connectivity index (χ1n) is 13.7. The number of methoxy groups -OCH3 is 1. The number of carbonyl (C=O) groups excluding carboxylic acids is 1. The highest BCUT2D eigenvalue weighted by molar-refractivity contribution is 6.06. The molecule has 3 aromatic carbocycles. The second kappa shape index (κ2) is 12.3. The Labute approximate surface area is 243 Å². The number of pyridine rings is 1. The van der Waals surface area contributed by atoms with Crippen molar-refractivity contribution < 1.29 is 19.7 Å². The Bertz CT molecular complexity index is 1700. The number of phenolic OH excluding ortho intramolecular Hbond substituents is 1. The average Bonchev–Trinajstić information content (AvgIpc) is 3.45. The lowest BCUT2D eigenvalue weighted by Gasteiger charge is -2.22. The van der Waals surface area contributed by atoms with Gasteiger partial charge in [-0.2, -0.15) is 0 Å². The molecule has 2 heterocycles. The zero-order valence-electron chi connectivity index (χ0n) is 23.7. The zero-order valence-corrected chi connectivity index (χ0v) is 23.7. The summed E-state index contributed by atoms with van der Waals surface area (Å²) < 4.78 is 5.26. The van der Waals surface area contributed by atoms with E-state index in [9.17, 15) is 15.0 Å². The molecule has 42 heavy (non-hydrogen) atoms. The van der Waals surface area contributed by atoms with Crippen molar-refractivity contribution in [3.05, 3.63) is 95.2 Å². The molecule has 1 amide bonds. The number of aromatic amines is 1. The number of anilines is 2. The fraction of sp³-hybridized carbons (Fsp3) is 0.219. The molecule has 0 saturated heterocycles. The van der Waals surface area contributed by atoms with Gasteiger partial charge in [0.1, 0.15) is 22.8 Å². The van der Waals surface area contributed by atoms with Crippen molar-refractivity contribution >= 4 is 28.4 Å². The first-order chi connectivity index (χ1) is 20.3. The zero-order chi connectivity index (χ0) is 29.8. The number of ether oxygens (including phenoxy) is 1. The Morgan fingerprint density at radius 2 is 1.83 bits per heavy atom. The maximum absolute atomic E-state index is 12.4. The van der Waals surface area contributed by atoms with Gasteiger partial charge in [0.05, 0.1) is 24.5 Å². The Morgan fingerprint density at radius 1 is 1.10 bits per heavy atom. The molecule has 0 radical (unpaired) electrons. The van der Waals surface area contributed by atoms with Crippen LogP contribution in [0.1, 0.15) is 47.0 Å². The molecule has 0 aliphatic rings. The lowest BCUT2D eigenvalue weighted by molar-refractivity contribution is 0.100. The number of fused-ring (bicyclic) bond motifs is 1. The standard InChI is InChI=1S/C32H34N6O4/c1-4-24-21(16-34-18(2)29(40)19-8-12-22(39)13-9-19)6-5-7-26(24)36-27-25(30(33)41)17-35-32-28(27)37-31(38-32)20-10-14-23(42-3)15-11-20/h5-15,17-18,29,34,39-40H,4,16H2,1-3H3,(H2,33,41)(H2,35,36,37,38)/t18-,29-/m1/s1. The molecule has 0 spiro atoms. The van der Waals surface area contributed by atoms with Crippen LogP contribution in [-0.2, 0) is 13.0 Å². The van der Waals surface area contributed by atoms with Gasteiger partial charge in [0.25, 0.3) is 5.91 Å². The van der Waals surface area contributed by atoms with Crippen molar-refractivity contribution in [2.24, 2.45) is 5.73 Å². The summed E-state index contributed by atoms with van der Waals surface area (Å²) in [4.78, 5) is 24.9. The molecule has 2 atom stereocenters. The Balaban J connectivity index is 1.44. The van der Waals surface area contributed by atoms with E-state index in [1.807, 2.05) is 49.4 Å². The minimum Gasteiger partial charge on any atom is -0.508 e. The van der Waals surface area contributed by atoms with Gasteiger partial charge >= 0.3 is 0 Å². The lowest BCUT2D eigenvalue weighted by atomic mass is 10.00. The van der Waals surface area contributed by atoms with Gasteiger partial charge in [-0.05, 0) is 72.5 Å². The van der Waals surface area contributed by atoms with Crippen LogP contribution >= 0.6 is 0 Å². The van der Waals surface area contributed by atoms with E-state index in [1.165, 1.54) is 6.20 Å². The van der Waals surface area contributed by atoms with Crippen LogP contribution in [0.15, 0.2) is 72.9 Å². The van der Waals surface area contributed by atoms with Gasteiger partial charge in [-0.1, -0.05) is 31.2 Å². The maximum Gasteiger partial charge on any atom is 0.252 e. The summed E-state index contributed by atoms with van der Waals surface area (Å²) in [6.45, 7) is 4.48. The number of aromatic nitrogens is 3. The van der Waals surface area contributed by atoms with Gasteiger partial charge in [-0.25, -0.2) is 9.97 Å². The van der Waals surface area contributed by atoms with Crippen LogP contribution in [0, 0.1) is 0 Å². The van der Waals surface area contributed by atoms with Crippen LogP contribution in [0.25, 0.3) is 22.6 Å². The number of nitrogens with two attached hydrogens (primary N) is 1. The predicted octanol–water partition coefficient (Wildman–Crippen LogP) is 4.96. The van der Waals surface area contributed by atoms with Gasteiger partial charge in [0.15, 0.2) is 5.65 Å². The number of nitrogens with zero attached hydrogens (tertiary/aromatic N) is 2. The molecule has 216 valence electrons. The van der Waals surface area contributed by atoms with Gasteiger partial charge in [0.2, 0.25) is 0 Å². The van der Waals surface area contributed by atoms with Crippen LogP contribution in [-0.4, -0.2) is 44.2 Å². The average molecular weight is 567 g/mol. The molecule has 10 nitrogen and oxygen atoms in total. The Kier molecular flexibility index (Phi) is 8.37. The molecule has 10 heteroatoms. The summed E-state index contributed by atoms with van der Waals surface area (Å²) in [5.41, 5.74) is 11.9. The number of hydrogen-bond donors (Lipinski definition) is 6. The predicted molar refractivity (Wildman–Crippen MR) is 163 cm³/mol. The number of hydrogen-bond acceptors (Lipinski definition) is 8. The molecule has 2 aromatic heterocycles. The molecular formula is C32H34N6O4. The first kappa shape index (κ1) is 28.6. The number of carbonyl (C=O) groups is 1. The van der Waals surface area contributed by atoms with Crippen LogP contribution in [0.2, 0.25) is 0 Å². The number of imidazole rings is 1. The van der Waals surface area contributed by atoms with E-state index in [0.29, 0.717) is 41.2 Å². The van der Waals surface area contributed by atoms with Crippen LogP contribution in [0.5, 0.6) is 11.5 Å². The largest absolute Gasteiger partial charge is 0.508 e. The Hall–Kier alpha value is -4.93. The van der Waals surface area contributed by atoms with E-state index in [2.05, 4.69) is 27.5 Å². The fourth-order valence-corrected chi connectivity index (χ4v) is 4.96. The van der Waals surface area contributed by atoms with E-state index < -0.39 is 12.0 Å². The number of nitrogens with one attached hydrogen (secondary N) is 3. The van der Waals surface area contributed by atoms with Crippen molar-refractivity contribution in [3.8, 4) is 22.9 Å². The Morgan fingerprint density at radius 3 is 2.50 bits per heavy atom. The second-order valence-corrected chi connectivity index (χ2v) is 10.0. The van der Waals surface area contributed by atoms with Crippen molar-refractivity contribution in [1.82, 2.24) is 20.3 Å². The molecule has 5 rings (SSSR count). The molecular weight excluding hydrogens is 532 g/mol. The minimum absolute atomic E-state index is 0.154. The van der Waals surface area contributed by atoms with Crippen LogP contribution < -0.4 is 21.1 Å². The van der Waals surface area contributed by atoms with Crippen LogP contribution in [0.4, 0.5) is 11.4 Å². The van der Waals surface area contributed by atoms with Gasteiger partial charge in [-0.15, -0.1) is 0 Å². The number of H-pyrrole nitrogens is 1. The number of aliphatic hydroxyl groups is 1. The molecule has 0 aliphatic heterocycles. The van der Waals surface area contributed by atoms with E-state index in [4.69, 9.17) is 15.5 Å². The summed E-state index contributed by atoms with van der Waals surface area (Å²) in [7, 11) is 1.61. The van der Waals surface area contributed by atoms with Gasteiger partial charge < -0.3 is 36.3 Å². The van der Waals surface area contributed by atoms with Crippen molar-refractivity contribution in [3.63, 3.8) is 0 Å². The molecule has 0 aliphatic carbocycles. The molecule has 0 saturated carbocycles. The van der Waals surface area contributed by atoms with E-state index in [0.717, 1.165) is 28.1 Å². The second-order valence-electron chi connectivity index (χ2n) is 10.0. The third-order valence-electron chi connectivity index (χ3n) is 7.35. The van der Waals surface area contributed by atoms with Crippen molar-refractivity contribution in [1.29, 1.82) is 0 Å². The number of benzene rings is 3. The topological polar surface area (TPSA) is 158 Å². The first-order valence-corrected chi connectivity index (χ1v) is 13.7. The highest BCUT2D eigenvalue weighted by atomic mass is 16.5. The molecule has 5 aromatic rings. The monoisotopic (exact) mass is 566 g/mol. The minimum atomic E-state index is -0.750. The number of aliphatic hydroxyl groups excluding tert-OH is 1. The lowest BCUT2D eigenvalue weighted by Crippen LogP contribution is -2.32.